The van der Waals surface area contributed by atoms with E-state index in [1.165, 1.54) is 43.7 Å². The van der Waals surface area contributed by atoms with Crippen molar-refractivity contribution in [3.8, 4) is 56.1 Å². The molecule has 0 aliphatic heterocycles. The van der Waals surface area contributed by atoms with Gasteiger partial charge in [-0.1, -0.05) is 124 Å². The van der Waals surface area contributed by atoms with Crippen molar-refractivity contribution in [2.75, 3.05) is 0 Å². The fraction of sp³-hybridized carbons (Fsp3) is 0.0617. The monoisotopic (exact) mass is 1130 g/mol. The predicted molar refractivity (Wildman–Crippen MR) is 366 cm³/mol. The van der Waals surface area contributed by atoms with Gasteiger partial charge in [-0.3, -0.25) is 9.97 Å². The summed E-state index contributed by atoms with van der Waals surface area (Å²) >= 11 is 0. The zero-order valence-electron chi connectivity index (χ0n) is 48.8. The van der Waals surface area contributed by atoms with Gasteiger partial charge in [-0.05, 0) is 209 Å². The largest absolute Gasteiger partial charge is 0.456 e. The first kappa shape index (κ1) is 50.1. The second kappa shape index (κ2) is 19.1. The van der Waals surface area contributed by atoms with Crippen LogP contribution in [0.5, 0.6) is 0 Å². The Balaban J connectivity index is 0.708. The number of benzene rings is 11. The molecular formula is C81H56N6O. The van der Waals surface area contributed by atoms with Gasteiger partial charge in [0.15, 0.2) is 0 Å². The van der Waals surface area contributed by atoms with E-state index in [1.54, 1.807) is 0 Å². The standard InChI is InChI=1S/C81H56N6O/c1-81(2,3)49-50-25-32-70-62(41-50)64-44-53(27-34-72(64)84(70)57-16-6-4-7-17-57)56-30-37-77-65(45-56)66-48-60(31-38-78(66)88-77)86-69-22-11-10-21-61(69)63-43-52(26-33-71(63)86)51-15-12-20-59(42-51)87-74-36-29-55(47-68(74)80-76(87)24-14-40-83-80)54-28-35-73-67(46-54)79-75(23-13-39-82-79)85(73)58-18-8-5-9-19-58/h4-48H,49H2,1-3H3. The summed E-state index contributed by atoms with van der Waals surface area (Å²) in [5.41, 5.74) is 25.6. The van der Waals surface area contributed by atoms with Crippen LogP contribution in [0.3, 0.4) is 0 Å². The molecule has 7 aromatic heterocycles. The maximum atomic E-state index is 6.61. The van der Waals surface area contributed by atoms with Crippen molar-refractivity contribution in [3.63, 3.8) is 0 Å². The van der Waals surface area contributed by atoms with Crippen molar-refractivity contribution in [1.82, 2.24) is 28.2 Å². The Morgan fingerprint density at radius 3 is 1.28 bits per heavy atom. The molecular weight excluding hydrogens is 1070 g/mol. The smallest absolute Gasteiger partial charge is 0.135 e. The van der Waals surface area contributed by atoms with E-state index in [2.05, 4.69) is 288 Å². The molecule has 0 fully saturated rings. The molecule has 0 N–H and O–H groups in total. The van der Waals surface area contributed by atoms with Gasteiger partial charge < -0.3 is 22.7 Å². The molecule has 0 aliphatic rings. The van der Waals surface area contributed by atoms with Gasteiger partial charge in [-0.2, -0.15) is 0 Å². The van der Waals surface area contributed by atoms with E-state index in [-0.39, 0.29) is 5.41 Å². The predicted octanol–water partition coefficient (Wildman–Crippen LogP) is 21.4. The summed E-state index contributed by atoms with van der Waals surface area (Å²) in [6.45, 7) is 6.94. The SMILES string of the molecule is CC(C)(C)Cc1ccc2c(c1)c1cc(-c3ccc4oc5ccc(-n6c7ccccc7c7cc(-c8cccc(-n9c%10ccc(-c%11ccc%12c(c%11)c%11ncccc%11n%12-c%11ccccc%11)cc%10c%10ncccc%109)c8)ccc76)cc5c4c3)ccc1n2-c1ccccc1. The molecule has 0 aliphatic carbocycles. The summed E-state index contributed by atoms with van der Waals surface area (Å²) in [6, 6.07) is 95.2. The average molecular weight is 1130 g/mol. The number of hydrogen-bond acceptors (Lipinski definition) is 3. The molecule has 0 atom stereocenters. The summed E-state index contributed by atoms with van der Waals surface area (Å²) in [4.78, 5) is 9.93. The number of para-hydroxylation sites is 3. The summed E-state index contributed by atoms with van der Waals surface area (Å²) in [6.07, 6.45) is 4.80. The third kappa shape index (κ3) is 7.83. The van der Waals surface area contributed by atoms with Gasteiger partial charge in [0.25, 0.3) is 0 Å². The number of aromatic nitrogens is 6. The van der Waals surface area contributed by atoms with Gasteiger partial charge in [0, 0.05) is 78.2 Å². The molecule has 7 heteroatoms. The molecule has 7 nitrogen and oxygen atoms in total. The van der Waals surface area contributed by atoms with Crippen LogP contribution in [0.15, 0.2) is 278 Å². The van der Waals surface area contributed by atoms with Crippen molar-refractivity contribution in [1.29, 1.82) is 0 Å². The molecule has 7 heterocycles. The molecule has 0 unspecified atom stereocenters. The summed E-state index contributed by atoms with van der Waals surface area (Å²) in [5.74, 6) is 0. The van der Waals surface area contributed by atoms with Crippen LogP contribution in [0.1, 0.15) is 26.3 Å². The van der Waals surface area contributed by atoms with Crippen LogP contribution in [0.2, 0.25) is 0 Å². The molecule has 0 radical (unpaired) electrons. The summed E-state index contributed by atoms with van der Waals surface area (Å²) in [7, 11) is 0. The van der Waals surface area contributed by atoms with E-state index in [0.29, 0.717) is 0 Å². The number of nitrogens with zero attached hydrogens (tertiary/aromatic N) is 6. The maximum Gasteiger partial charge on any atom is 0.135 e. The molecule has 416 valence electrons. The lowest BCUT2D eigenvalue weighted by atomic mass is 9.87. The van der Waals surface area contributed by atoms with E-state index in [9.17, 15) is 0 Å². The van der Waals surface area contributed by atoms with Gasteiger partial charge in [-0.15, -0.1) is 0 Å². The lowest BCUT2D eigenvalue weighted by molar-refractivity contribution is 0.411. The van der Waals surface area contributed by atoms with Crippen LogP contribution < -0.4 is 0 Å². The van der Waals surface area contributed by atoms with Crippen molar-refractivity contribution in [3.05, 3.63) is 279 Å². The molecule has 0 bridgehead atoms. The van der Waals surface area contributed by atoms with Gasteiger partial charge in [0.05, 0.1) is 55.2 Å². The molecule has 88 heavy (non-hydrogen) atoms. The maximum absolute atomic E-state index is 6.61. The van der Waals surface area contributed by atoms with Crippen LogP contribution in [-0.2, 0) is 6.42 Å². The van der Waals surface area contributed by atoms with Crippen LogP contribution in [0, 0.1) is 5.41 Å². The second-order valence-electron chi connectivity index (χ2n) is 24.8. The zero-order chi connectivity index (χ0) is 58.4. The van der Waals surface area contributed by atoms with Gasteiger partial charge in [-0.25, -0.2) is 0 Å². The first-order valence-corrected chi connectivity index (χ1v) is 30.3. The number of hydrogen-bond donors (Lipinski definition) is 0. The number of pyridine rings is 2. The fourth-order valence-corrected chi connectivity index (χ4v) is 14.3. The molecule has 11 aromatic carbocycles. The van der Waals surface area contributed by atoms with E-state index in [0.717, 1.165) is 134 Å². The van der Waals surface area contributed by atoms with Crippen LogP contribution in [0.25, 0.3) is 166 Å². The summed E-state index contributed by atoms with van der Waals surface area (Å²) < 4.78 is 16.1. The number of furan rings is 1. The van der Waals surface area contributed by atoms with Crippen molar-refractivity contribution in [2.45, 2.75) is 27.2 Å². The molecule has 0 saturated carbocycles. The molecule has 0 amide bonds. The first-order chi connectivity index (χ1) is 43.2. The lowest BCUT2D eigenvalue weighted by Gasteiger charge is -2.18. The third-order valence-corrected chi connectivity index (χ3v) is 18.1. The Morgan fingerprint density at radius 1 is 0.284 bits per heavy atom. The molecule has 0 saturated heterocycles. The first-order valence-electron chi connectivity index (χ1n) is 30.3. The highest BCUT2D eigenvalue weighted by atomic mass is 16.3. The minimum Gasteiger partial charge on any atom is -0.456 e. The minimum atomic E-state index is 0.175. The average Bonchev–Trinajstić information content (AvgIpc) is 2.07. The highest BCUT2D eigenvalue weighted by molar-refractivity contribution is 6.15. The Kier molecular flexibility index (Phi) is 10.9. The normalized spacial score (nSPS) is 12.3. The van der Waals surface area contributed by atoms with Gasteiger partial charge >= 0.3 is 0 Å². The van der Waals surface area contributed by atoms with Crippen LogP contribution in [0.4, 0.5) is 0 Å². The van der Waals surface area contributed by atoms with Crippen LogP contribution in [-0.4, -0.2) is 28.2 Å². The van der Waals surface area contributed by atoms with E-state index in [4.69, 9.17) is 14.4 Å². The van der Waals surface area contributed by atoms with Crippen molar-refractivity contribution >= 4 is 109 Å². The highest BCUT2D eigenvalue weighted by Gasteiger charge is 2.22. The van der Waals surface area contributed by atoms with Crippen LogP contribution >= 0.6 is 0 Å². The van der Waals surface area contributed by atoms with Crippen molar-refractivity contribution < 1.29 is 4.42 Å². The van der Waals surface area contributed by atoms with E-state index < -0.39 is 0 Å². The third-order valence-electron chi connectivity index (χ3n) is 18.1. The number of fused-ring (bicyclic) bond motifs is 15. The molecule has 18 aromatic rings. The lowest BCUT2D eigenvalue weighted by Crippen LogP contribution is -2.08. The highest BCUT2D eigenvalue weighted by Crippen LogP contribution is 2.43. The molecule has 0 spiro atoms. The van der Waals surface area contributed by atoms with Gasteiger partial charge in [0.2, 0.25) is 0 Å². The minimum absolute atomic E-state index is 0.175. The Hall–Kier alpha value is -11.3. The Labute approximate surface area is 506 Å². The quantitative estimate of drug-likeness (QED) is 0.152. The molecule has 18 rings (SSSR count). The topological polar surface area (TPSA) is 58.6 Å². The Bertz CT molecular complexity index is 5890. The second-order valence-corrected chi connectivity index (χ2v) is 24.8. The zero-order valence-corrected chi connectivity index (χ0v) is 48.8. The van der Waals surface area contributed by atoms with E-state index in [1.807, 2.05) is 24.5 Å². The Morgan fingerprint density at radius 2 is 0.682 bits per heavy atom. The van der Waals surface area contributed by atoms with Gasteiger partial charge in [0.1, 0.15) is 11.2 Å². The summed E-state index contributed by atoms with van der Waals surface area (Å²) in [5, 5.41) is 9.32. The number of rotatable bonds is 8. The van der Waals surface area contributed by atoms with Crippen molar-refractivity contribution in [2.24, 2.45) is 5.41 Å². The van der Waals surface area contributed by atoms with E-state index >= 15 is 0 Å². The fourth-order valence-electron chi connectivity index (χ4n) is 14.3.